The molecule has 2 unspecified atom stereocenters. The van der Waals surface area contributed by atoms with Crippen LogP contribution in [0.25, 0.3) is 11.4 Å². The molecule has 1 amide bonds. The topological polar surface area (TPSA) is 80.0 Å². The lowest BCUT2D eigenvalue weighted by Crippen LogP contribution is -2.48. The number of nitrogens with zero attached hydrogens (tertiary/aromatic N) is 2. The highest BCUT2D eigenvalue weighted by Crippen LogP contribution is 2.26. The second kappa shape index (κ2) is 7.53. The lowest BCUT2D eigenvalue weighted by Gasteiger charge is -2.29. The third kappa shape index (κ3) is 4.09. The Morgan fingerprint density at radius 1 is 1.23 bits per heavy atom. The summed E-state index contributed by atoms with van der Waals surface area (Å²) in [5.41, 5.74) is 0.708. The maximum Gasteiger partial charge on any atom is 0.226 e. The van der Waals surface area contributed by atoms with Crippen LogP contribution in [-0.2, 0) is 11.2 Å². The zero-order valence-corrected chi connectivity index (χ0v) is 14.6. The van der Waals surface area contributed by atoms with E-state index in [-0.39, 0.29) is 11.7 Å². The summed E-state index contributed by atoms with van der Waals surface area (Å²) >= 11 is 0. The molecule has 0 saturated carbocycles. The first-order valence-corrected chi connectivity index (χ1v) is 9.29. The van der Waals surface area contributed by atoms with Crippen molar-refractivity contribution in [3.8, 4) is 11.4 Å². The molecule has 2 atom stereocenters. The van der Waals surface area contributed by atoms with Crippen molar-refractivity contribution < 1.29 is 13.7 Å². The minimum absolute atomic E-state index is 0.0922. The zero-order chi connectivity index (χ0) is 17.9. The third-order valence-corrected chi connectivity index (χ3v) is 5.20. The molecule has 6 nitrogen and oxygen atoms in total. The number of aryl methyl sites for hydroxylation is 1. The number of hydrogen-bond acceptors (Lipinski definition) is 5. The second-order valence-electron chi connectivity index (χ2n) is 7.25. The van der Waals surface area contributed by atoms with Crippen LogP contribution in [0.5, 0.6) is 0 Å². The van der Waals surface area contributed by atoms with E-state index < -0.39 is 0 Å². The van der Waals surface area contributed by atoms with Gasteiger partial charge in [-0.15, -0.1) is 0 Å². The van der Waals surface area contributed by atoms with Crippen LogP contribution in [0.2, 0.25) is 0 Å². The number of benzene rings is 1. The molecule has 1 aromatic heterocycles. The van der Waals surface area contributed by atoms with Crippen molar-refractivity contribution in [3.05, 3.63) is 36.0 Å². The van der Waals surface area contributed by atoms with Crippen LogP contribution >= 0.6 is 0 Å². The van der Waals surface area contributed by atoms with Crippen LogP contribution in [0.15, 0.2) is 28.8 Å². The maximum atomic E-state index is 13.0. The number of amides is 1. The summed E-state index contributed by atoms with van der Waals surface area (Å²) in [4.78, 5) is 16.5. The van der Waals surface area contributed by atoms with Crippen LogP contribution in [0.1, 0.15) is 44.4 Å². The summed E-state index contributed by atoms with van der Waals surface area (Å²) in [7, 11) is 0. The molecule has 1 aromatic carbocycles. The lowest BCUT2D eigenvalue weighted by atomic mass is 9.99. The molecule has 2 aliphatic heterocycles. The lowest BCUT2D eigenvalue weighted by molar-refractivity contribution is -0.122. The molecule has 0 aliphatic carbocycles. The molecule has 3 heterocycles. The van der Waals surface area contributed by atoms with Gasteiger partial charge in [0.25, 0.3) is 0 Å². The number of fused-ring (bicyclic) bond motifs is 2. The molecule has 2 bridgehead atoms. The van der Waals surface area contributed by atoms with Gasteiger partial charge in [0.15, 0.2) is 0 Å². The van der Waals surface area contributed by atoms with Gasteiger partial charge in [-0.25, -0.2) is 4.39 Å². The first-order chi connectivity index (χ1) is 12.7. The van der Waals surface area contributed by atoms with Crippen molar-refractivity contribution >= 4 is 5.91 Å². The van der Waals surface area contributed by atoms with E-state index >= 15 is 0 Å². The SMILES string of the molecule is O=C(CCCc1nc(-c2ccc(F)cc2)no1)NC1CC2CCC(C1)N2. The van der Waals surface area contributed by atoms with Crippen LogP contribution in [0, 0.1) is 5.82 Å². The number of piperidine rings is 1. The Balaban J connectivity index is 1.22. The van der Waals surface area contributed by atoms with E-state index in [9.17, 15) is 9.18 Å². The molecule has 4 rings (SSSR count). The van der Waals surface area contributed by atoms with E-state index in [1.54, 1.807) is 12.1 Å². The molecular formula is C19H23FN4O2. The van der Waals surface area contributed by atoms with Crippen molar-refractivity contribution in [1.29, 1.82) is 0 Å². The van der Waals surface area contributed by atoms with Crippen LogP contribution in [0.4, 0.5) is 4.39 Å². The summed E-state index contributed by atoms with van der Waals surface area (Å²) in [5.74, 6) is 0.728. The smallest absolute Gasteiger partial charge is 0.226 e. The van der Waals surface area contributed by atoms with E-state index in [0.29, 0.717) is 54.7 Å². The standard InChI is InChI=1S/C19H23FN4O2/c20-13-6-4-12(5-7-13)19-23-18(26-24-19)3-1-2-17(25)22-16-10-14-8-9-15(11-16)21-14/h4-7,14-16,21H,1-3,8-11H2,(H,22,25). The number of halogens is 1. The fourth-order valence-electron chi connectivity index (χ4n) is 3.95. The van der Waals surface area contributed by atoms with E-state index in [4.69, 9.17) is 4.52 Å². The highest BCUT2D eigenvalue weighted by molar-refractivity contribution is 5.76. The minimum Gasteiger partial charge on any atom is -0.353 e. The zero-order valence-electron chi connectivity index (χ0n) is 14.6. The Morgan fingerprint density at radius 3 is 2.69 bits per heavy atom. The number of carbonyl (C=O) groups is 1. The highest BCUT2D eigenvalue weighted by Gasteiger charge is 2.33. The van der Waals surface area contributed by atoms with Crippen LogP contribution in [0.3, 0.4) is 0 Å². The molecule has 2 N–H and O–H groups in total. The van der Waals surface area contributed by atoms with Crippen molar-refractivity contribution in [2.75, 3.05) is 0 Å². The highest BCUT2D eigenvalue weighted by atomic mass is 19.1. The molecule has 26 heavy (non-hydrogen) atoms. The Labute approximate surface area is 151 Å². The number of nitrogens with one attached hydrogen (secondary N) is 2. The van der Waals surface area contributed by atoms with Crippen molar-refractivity contribution in [2.45, 2.75) is 63.1 Å². The quantitative estimate of drug-likeness (QED) is 0.830. The summed E-state index contributed by atoms with van der Waals surface area (Å²) in [6.07, 6.45) is 6.19. The predicted molar refractivity (Wildman–Crippen MR) is 93.7 cm³/mol. The normalized spacial score (nSPS) is 24.6. The van der Waals surface area contributed by atoms with Gasteiger partial charge in [-0.1, -0.05) is 5.16 Å². The number of hydrogen-bond donors (Lipinski definition) is 2. The van der Waals surface area contributed by atoms with E-state index in [1.807, 2.05) is 0 Å². The van der Waals surface area contributed by atoms with Gasteiger partial charge in [0.1, 0.15) is 5.82 Å². The van der Waals surface area contributed by atoms with E-state index in [0.717, 1.165) is 12.8 Å². The molecular weight excluding hydrogens is 335 g/mol. The average Bonchev–Trinajstić information content (AvgIpc) is 3.22. The Bertz CT molecular complexity index is 749. The number of carbonyl (C=O) groups excluding carboxylic acids is 1. The largest absolute Gasteiger partial charge is 0.353 e. The van der Waals surface area contributed by atoms with Gasteiger partial charge < -0.3 is 15.2 Å². The molecule has 2 saturated heterocycles. The monoisotopic (exact) mass is 358 g/mol. The molecule has 0 radical (unpaired) electrons. The average molecular weight is 358 g/mol. The van der Waals surface area contributed by atoms with Crippen LogP contribution in [-0.4, -0.2) is 34.2 Å². The van der Waals surface area contributed by atoms with Gasteiger partial charge in [-0.2, -0.15) is 4.98 Å². The summed E-state index contributed by atoms with van der Waals surface area (Å²) in [5, 5.41) is 10.7. The van der Waals surface area contributed by atoms with Gasteiger partial charge in [0, 0.05) is 36.5 Å². The summed E-state index contributed by atoms with van der Waals surface area (Å²) in [6, 6.07) is 7.40. The van der Waals surface area contributed by atoms with Gasteiger partial charge >= 0.3 is 0 Å². The first-order valence-electron chi connectivity index (χ1n) is 9.29. The van der Waals surface area contributed by atoms with Crippen LogP contribution < -0.4 is 10.6 Å². The Kier molecular flexibility index (Phi) is 4.97. The Morgan fingerprint density at radius 2 is 1.96 bits per heavy atom. The molecule has 7 heteroatoms. The van der Waals surface area contributed by atoms with Crippen molar-refractivity contribution in [1.82, 2.24) is 20.8 Å². The fourth-order valence-corrected chi connectivity index (χ4v) is 3.95. The number of rotatable bonds is 6. The minimum atomic E-state index is -0.301. The molecule has 0 spiro atoms. The van der Waals surface area contributed by atoms with Gasteiger partial charge in [0.2, 0.25) is 17.6 Å². The van der Waals surface area contributed by atoms with Crippen molar-refractivity contribution in [3.63, 3.8) is 0 Å². The molecule has 2 fully saturated rings. The first kappa shape index (κ1) is 17.1. The van der Waals surface area contributed by atoms with Gasteiger partial charge in [-0.3, -0.25) is 4.79 Å². The second-order valence-corrected chi connectivity index (χ2v) is 7.25. The van der Waals surface area contributed by atoms with E-state index in [1.165, 1.54) is 25.0 Å². The Hall–Kier alpha value is -2.28. The predicted octanol–water partition coefficient (Wildman–Crippen LogP) is 2.60. The fraction of sp³-hybridized carbons (Fsp3) is 0.526. The summed E-state index contributed by atoms with van der Waals surface area (Å²) < 4.78 is 18.2. The summed E-state index contributed by atoms with van der Waals surface area (Å²) in [6.45, 7) is 0. The van der Waals surface area contributed by atoms with Gasteiger partial charge in [-0.05, 0) is 56.4 Å². The molecule has 2 aliphatic rings. The number of aromatic nitrogens is 2. The molecule has 2 aromatic rings. The maximum absolute atomic E-state index is 13.0. The van der Waals surface area contributed by atoms with Crippen molar-refractivity contribution in [2.24, 2.45) is 0 Å². The third-order valence-electron chi connectivity index (χ3n) is 5.20. The molecule has 138 valence electrons. The van der Waals surface area contributed by atoms with E-state index in [2.05, 4.69) is 20.8 Å². The van der Waals surface area contributed by atoms with Gasteiger partial charge in [0.05, 0.1) is 0 Å².